The van der Waals surface area contributed by atoms with Crippen LogP contribution in [0, 0.1) is 13.8 Å². The molecule has 0 saturated heterocycles. The van der Waals surface area contributed by atoms with Crippen LogP contribution < -0.4 is 10.2 Å². The number of rotatable bonds is 5. The molecule has 140 valence electrons. The number of carbonyl (C=O) groups is 2. The first-order chi connectivity index (χ1) is 13.5. The minimum absolute atomic E-state index is 0.278. The van der Waals surface area contributed by atoms with E-state index in [9.17, 15) is 9.59 Å². The van der Waals surface area contributed by atoms with Gasteiger partial charge in [0.1, 0.15) is 5.75 Å². The number of nitrogens with one attached hydrogen (secondary N) is 1. The molecule has 0 bridgehead atoms. The van der Waals surface area contributed by atoms with Crippen LogP contribution in [0.2, 0.25) is 0 Å². The highest BCUT2D eigenvalue weighted by Crippen LogP contribution is 2.14. The number of esters is 1. The normalized spacial score (nSPS) is 10.6. The zero-order valence-electron chi connectivity index (χ0n) is 15.7. The van der Waals surface area contributed by atoms with Crippen LogP contribution in [0.25, 0.3) is 0 Å². The van der Waals surface area contributed by atoms with E-state index < -0.39 is 5.97 Å². The van der Waals surface area contributed by atoms with Crippen LogP contribution in [0.3, 0.4) is 0 Å². The first-order valence-electron chi connectivity index (χ1n) is 8.80. The third-order valence-electron chi connectivity index (χ3n) is 4.04. The summed E-state index contributed by atoms with van der Waals surface area (Å²) in [7, 11) is 0. The van der Waals surface area contributed by atoms with Crippen molar-refractivity contribution in [3.63, 3.8) is 0 Å². The Labute approximate surface area is 163 Å². The molecule has 3 aromatic rings. The van der Waals surface area contributed by atoms with Gasteiger partial charge in [-0.05, 0) is 67.9 Å². The van der Waals surface area contributed by atoms with E-state index in [-0.39, 0.29) is 5.91 Å². The quantitative estimate of drug-likeness (QED) is 0.314. The molecule has 1 N–H and O–H groups in total. The van der Waals surface area contributed by atoms with Crippen molar-refractivity contribution in [2.45, 2.75) is 13.8 Å². The predicted octanol–water partition coefficient (Wildman–Crippen LogP) is 4.29. The smallest absolute Gasteiger partial charge is 0.343 e. The van der Waals surface area contributed by atoms with E-state index in [2.05, 4.69) is 10.5 Å². The molecule has 5 heteroatoms. The van der Waals surface area contributed by atoms with Crippen LogP contribution >= 0.6 is 0 Å². The zero-order valence-corrected chi connectivity index (χ0v) is 15.7. The van der Waals surface area contributed by atoms with Gasteiger partial charge in [-0.15, -0.1) is 0 Å². The lowest BCUT2D eigenvalue weighted by Gasteiger charge is -2.05. The molecule has 28 heavy (non-hydrogen) atoms. The Kier molecular flexibility index (Phi) is 5.97. The van der Waals surface area contributed by atoms with Gasteiger partial charge in [-0.2, -0.15) is 5.10 Å². The van der Waals surface area contributed by atoms with Gasteiger partial charge in [0.15, 0.2) is 0 Å². The summed E-state index contributed by atoms with van der Waals surface area (Å²) in [5.74, 6) is -0.247. The number of hydrogen-bond acceptors (Lipinski definition) is 4. The van der Waals surface area contributed by atoms with Gasteiger partial charge in [0.25, 0.3) is 5.91 Å². The molecule has 0 aliphatic heterocycles. The van der Waals surface area contributed by atoms with Crippen LogP contribution in [0.1, 0.15) is 37.4 Å². The van der Waals surface area contributed by atoms with Crippen molar-refractivity contribution in [1.29, 1.82) is 0 Å². The molecule has 0 atom stereocenters. The average Bonchev–Trinajstić information content (AvgIpc) is 2.69. The number of benzene rings is 3. The molecule has 0 aromatic heterocycles. The fourth-order valence-electron chi connectivity index (χ4n) is 2.49. The molecule has 0 spiro atoms. The second-order valence-corrected chi connectivity index (χ2v) is 6.39. The van der Waals surface area contributed by atoms with Crippen LogP contribution in [-0.4, -0.2) is 18.1 Å². The highest BCUT2D eigenvalue weighted by atomic mass is 16.5. The maximum Gasteiger partial charge on any atom is 0.343 e. The lowest BCUT2D eigenvalue weighted by atomic mass is 10.1. The Morgan fingerprint density at radius 1 is 0.857 bits per heavy atom. The van der Waals surface area contributed by atoms with Gasteiger partial charge in [0.05, 0.1) is 11.8 Å². The van der Waals surface area contributed by atoms with Gasteiger partial charge < -0.3 is 4.74 Å². The van der Waals surface area contributed by atoms with Crippen LogP contribution in [0.5, 0.6) is 5.75 Å². The molecule has 0 radical (unpaired) electrons. The number of nitrogens with zero attached hydrogens (tertiary/aromatic N) is 1. The monoisotopic (exact) mass is 372 g/mol. The molecular weight excluding hydrogens is 352 g/mol. The van der Waals surface area contributed by atoms with Crippen molar-refractivity contribution in [2.24, 2.45) is 5.10 Å². The first-order valence-corrected chi connectivity index (χ1v) is 8.80. The third-order valence-corrected chi connectivity index (χ3v) is 4.04. The fourth-order valence-corrected chi connectivity index (χ4v) is 2.49. The summed E-state index contributed by atoms with van der Waals surface area (Å²) in [4.78, 5) is 24.2. The second-order valence-electron chi connectivity index (χ2n) is 6.39. The standard InChI is InChI=1S/C23H20N2O3/c1-16-6-10-19(11-7-16)22(26)25-24-15-18-8-12-21(13-9-18)28-23(27)20-5-3-4-17(2)14-20/h3-15H,1-2H3,(H,25,26). The second kappa shape index (κ2) is 8.77. The lowest BCUT2D eigenvalue weighted by molar-refractivity contribution is 0.0734. The van der Waals surface area contributed by atoms with Gasteiger partial charge in [0, 0.05) is 5.56 Å². The molecule has 0 heterocycles. The summed E-state index contributed by atoms with van der Waals surface area (Å²) in [6, 6.07) is 21.3. The molecule has 0 saturated carbocycles. The number of aryl methyl sites for hydroxylation is 2. The Bertz CT molecular complexity index is 1010. The maximum absolute atomic E-state index is 12.2. The Balaban J connectivity index is 1.56. The van der Waals surface area contributed by atoms with Crippen LogP contribution in [0.15, 0.2) is 77.9 Å². The van der Waals surface area contributed by atoms with Gasteiger partial charge in [-0.25, -0.2) is 10.2 Å². The van der Waals surface area contributed by atoms with Gasteiger partial charge in [-0.1, -0.05) is 35.4 Å². The molecular formula is C23H20N2O3. The highest BCUT2D eigenvalue weighted by Gasteiger charge is 2.08. The summed E-state index contributed by atoms with van der Waals surface area (Å²) in [5, 5.41) is 3.96. The van der Waals surface area contributed by atoms with Crippen molar-refractivity contribution in [2.75, 3.05) is 0 Å². The summed E-state index contributed by atoms with van der Waals surface area (Å²) >= 11 is 0. The number of ether oxygens (including phenoxy) is 1. The minimum Gasteiger partial charge on any atom is -0.423 e. The molecule has 5 nitrogen and oxygen atoms in total. The molecule has 1 amide bonds. The van der Waals surface area contributed by atoms with E-state index in [1.807, 2.05) is 38.1 Å². The Morgan fingerprint density at radius 2 is 1.57 bits per heavy atom. The van der Waals surface area contributed by atoms with Crippen LogP contribution in [0.4, 0.5) is 0 Å². The van der Waals surface area contributed by atoms with E-state index in [1.54, 1.807) is 48.5 Å². The van der Waals surface area contributed by atoms with E-state index in [0.29, 0.717) is 16.9 Å². The number of hydrogen-bond donors (Lipinski definition) is 1. The highest BCUT2D eigenvalue weighted by molar-refractivity contribution is 5.95. The number of amides is 1. The molecule has 0 aliphatic carbocycles. The molecule has 0 aliphatic rings. The van der Waals surface area contributed by atoms with Gasteiger partial charge >= 0.3 is 5.97 Å². The summed E-state index contributed by atoms with van der Waals surface area (Å²) in [5.41, 5.74) is 6.38. The number of carbonyl (C=O) groups excluding carboxylic acids is 2. The van der Waals surface area contributed by atoms with E-state index in [0.717, 1.165) is 16.7 Å². The predicted molar refractivity (Wildman–Crippen MR) is 109 cm³/mol. The van der Waals surface area contributed by atoms with Gasteiger partial charge in [-0.3, -0.25) is 4.79 Å². The summed E-state index contributed by atoms with van der Waals surface area (Å²) < 4.78 is 5.37. The topological polar surface area (TPSA) is 67.8 Å². The molecule has 3 aromatic carbocycles. The van der Waals surface area contributed by atoms with Crippen LogP contribution in [-0.2, 0) is 0 Å². The van der Waals surface area contributed by atoms with Crippen molar-refractivity contribution in [3.05, 3.63) is 101 Å². The summed E-state index contributed by atoms with van der Waals surface area (Å²) in [6.45, 7) is 3.88. The first kappa shape index (κ1) is 19.0. The maximum atomic E-state index is 12.2. The molecule has 0 fully saturated rings. The zero-order chi connectivity index (χ0) is 19.9. The largest absolute Gasteiger partial charge is 0.423 e. The van der Waals surface area contributed by atoms with E-state index in [4.69, 9.17) is 4.74 Å². The SMILES string of the molecule is Cc1ccc(C(=O)NN=Cc2ccc(OC(=O)c3cccc(C)c3)cc2)cc1. The van der Waals surface area contributed by atoms with Crippen molar-refractivity contribution in [1.82, 2.24) is 5.43 Å². The lowest BCUT2D eigenvalue weighted by Crippen LogP contribution is -2.17. The molecule has 3 rings (SSSR count). The number of hydrazone groups is 1. The van der Waals surface area contributed by atoms with Crippen molar-refractivity contribution >= 4 is 18.1 Å². The summed E-state index contributed by atoms with van der Waals surface area (Å²) in [6.07, 6.45) is 1.53. The van der Waals surface area contributed by atoms with E-state index in [1.165, 1.54) is 6.21 Å². The minimum atomic E-state index is -0.407. The Hall–Kier alpha value is -3.73. The average molecular weight is 372 g/mol. The Morgan fingerprint density at radius 3 is 2.25 bits per heavy atom. The fraction of sp³-hybridized carbons (Fsp3) is 0.0870. The van der Waals surface area contributed by atoms with Gasteiger partial charge in [0.2, 0.25) is 0 Å². The third kappa shape index (κ3) is 5.14. The molecule has 0 unspecified atom stereocenters. The van der Waals surface area contributed by atoms with E-state index >= 15 is 0 Å². The van der Waals surface area contributed by atoms with Crippen molar-refractivity contribution in [3.8, 4) is 5.75 Å². The van der Waals surface area contributed by atoms with Crippen molar-refractivity contribution < 1.29 is 14.3 Å².